The van der Waals surface area contributed by atoms with E-state index in [1.54, 1.807) is 54.6 Å². The van der Waals surface area contributed by atoms with Gasteiger partial charge < -0.3 is 4.74 Å². The zero-order valence-electron chi connectivity index (χ0n) is 15.7. The van der Waals surface area contributed by atoms with E-state index in [-0.39, 0.29) is 17.1 Å². The van der Waals surface area contributed by atoms with Crippen molar-refractivity contribution in [3.63, 3.8) is 0 Å². The molecule has 0 radical (unpaired) electrons. The van der Waals surface area contributed by atoms with Crippen LogP contribution in [-0.4, -0.2) is 27.4 Å². The molecule has 2 aromatic rings. The molecule has 0 amide bonds. The molecule has 0 aliphatic carbocycles. The number of rotatable bonds is 7. The first-order valence-electron chi connectivity index (χ1n) is 8.58. The van der Waals surface area contributed by atoms with Crippen molar-refractivity contribution in [2.24, 2.45) is 5.41 Å². The molecule has 0 saturated heterocycles. The second-order valence-corrected chi connectivity index (χ2v) is 9.41. The van der Waals surface area contributed by atoms with Crippen molar-refractivity contribution < 1.29 is 17.9 Å². The molecule has 5 heteroatoms. The molecule has 26 heavy (non-hydrogen) atoms. The number of ether oxygens (including phenoxy) is 1. The number of ketones is 1. The third-order valence-electron chi connectivity index (χ3n) is 4.40. The largest absolute Gasteiger partial charge is 0.379 e. The molecule has 0 fully saturated rings. The fraction of sp³-hybridized carbons (Fsp3) is 0.381. The van der Waals surface area contributed by atoms with E-state index in [9.17, 15) is 13.2 Å². The highest BCUT2D eigenvalue weighted by atomic mass is 32.2. The lowest BCUT2D eigenvalue weighted by Crippen LogP contribution is -2.33. The average molecular weight is 375 g/mol. The monoisotopic (exact) mass is 374 g/mol. The van der Waals surface area contributed by atoms with Crippen molar-refractivity contribution in [1.82, 2.24) is 0 Å². The summed E-state index contributed by atoms with van der Waals surface area (Å²) in [4.78, 5) is 12.8. The lowest BCUT2D eigenvalue weighted by Gasteiger charge is -2.28. The minimum atomic E-state index is -3.73. The van der Waals surface area contributed by atoms with E-state index in [2.05, 4.69) is 0 Å². The first-order valence-corrected chi connectivity index (χ1v) is 10.1. The summed E-state index contributed by atoms with van der Waals surface area (Å²) in [6.07, 6.45) is -0.736. The molecule has 4 nitrogen and oxygen atoms in total. The van der Waals surface area contributed by atoms with Crippen LogP contribution in [0.1, 0.15) is 38.0 Å². The van der Waals surface area contributed by atoms with Gasteiger partial charge in [0.05, 0.1) is 11.0 Å². The topological polar surface area (TPSA) is 60.4 Å². The van der Waals surface area contributed by atoms with Crippen LogP contribution < -0.4 is 0 Å². The van der Waals surface area contributed by atoms with Crippen LogP contribution in [-0.2, 0) is 19.4 Å². The van der Waals surface area contributed by atoms with E-state index in [1.807, 2.05) is 26.8 Å². The standard InChI is InChI=1S/C21H26O4S/c1-21(2,3)19(22)15-18(25-4)20(16-11-7-5-8-12-16)26(23,24)17-13-9-6-10-14-17/h5-14,18,20H,15H2,1-4H3/t18-,20-/m1/s1. The lowest BCUT2D eigenvalue weighted by atomic mass is 9.86. The van der Waals surface area contributed by atoms with E-state index in [1.165, 1.54) is 7.11 Å². The minimum absolute atomic E-state index is 0.0334. The number of sulfone groups is 1. The van der Waals surface area contributed by atoms with Gasteiger partial charge in [-0.2, -0.15) is 0 Å². The number of carbonyl (C=O) groups excluding carboxylic acids is 1. The van der Waals surface area contributed by atoms with E-state index in [4.69, 9.17) is 4.74 Å². The molecule has 2 rings (SSSR count). The van der Waals surface area contributed by atoms with Gasteiger partial charge in [-0.25, -0.2) is 8.42 Å². The maximum atomic E-state index is 13.4. The van der Waals surface area contributed by atoms with Crippen LogP contribution in [0.25, 0.3) is 0 Å². The number of hydrogen-bond acceptors (Lipinski definition) is 4. The molecular formula is C21H26O4S. The Bertz CT molecular complexity index is 821. The van der Waals surface area contributed by atoms with Gasteiger partial charge in [-0.05, 0) is 17.7 Å². The van der Waals surface area contributed by atoms with Crippen LogP contribution in [0.5, 0.6) is 0 Å². The number of benzene rings is 2. The molecule has 2 atom stereocenters. The minimum Gasteiger partial charge on any atom is -0.379 e. The van der Waals surface area contributed by atoms with Crippen molar-refractivity contribution in [1.29, 1.82) is 0 Å². The summed E-state index contributed by atoms with van der Waals surface area (Å²) in [5, 5.41) is -0.956. The second-order valence-electron chi connectivity index (χ2n) is 7.34. The number of Topliss-reactive ketones (excluding diaryl/α,β-unsaturated/α-hetero) is 1. The summed E-state index contributed by atoms with van der Waals surface area (Å²) in [5.41, 5.74) is 0.0547. The first-order chi connectivity index (χ1) is 12.2. The van der Waals surface area contributed by atoms with Crippen LogP contribution >= 0.6 is 0 Å². The summed E-state index contributed by atoms with van der Waals surface area (Å²) >= 11 is 0. The summed E-state index contributed by atoms with van der Waals surface area (Å²) in [6.45, 7) is 5.47. The van der Waals surface area contributed by atoms with Crippen LogP contribution in [0, 0.1) is 5.41 Å². The quantitative estimate of drug-likeness (QED) is 0.728. The molecule has 0 bridgehead atoms. The molecule has 0 saturated carbocycles. The van der Waals surface area contributed by atoms with Crippen molar-refractivity contribution in [3.8, 4) is 0 Å². The second kappa shape index (κ2) is 8.14. The molecule has 0 aromatic heterocycles. The Kier molecular flexibility index (Phi) is 6.37. The molecule has 0 aliphatic rings. The zero-order valence-corrected chi connectivity index (χ0v) is 16.5. The molecule has 0 aliphatic heterocycles. The average Bonchev–Trinajstić information content (AvgIpc) is 2.61. The van der Waals surface area contributed by atoms with Crippen molar-refractivity contribution in [2.45, 2.75) is 43.4 Å². The maximum Gasteiger partial charge on any atom is 0.187 e. The van der Waals surface area contributed by atoms with E-state index < -0.39 is 26.6 Å². The van der Waals surface area contributed by atoms with Gasteiger partial charge in [-0.1, -0.05) is 69.3 Å². The maximum absolute atomic E-state index is 13.4. The van der Waals surface area contributed by atoms with Gasteiger partial charge in [0, 0.05) is 18.9 Å². The fourth-order valence-corrected chi connectivity index (χ4v) is 4.75. The highest BCUT2D eigenvalue weighted by Crippen LogP contribution is 2.35. The highest BCUT2D eigenvalue weighted by Gasteiger charge is 2.38. The van der Waals surface area contributed by atoms with Crippen LogP contribution in [0.4, 0.5) is 0 Å². The first kappa shape index (κ1) is 20.3. The lowest BCUT2D eigenvalue weighted by molar-refractivity contribution is -0.128. The highest BCUT2D eigenvalue weighted by molar-refractivity contribution is 7.91. The third kappa shape index (κ3) is 4.59. The van der Waals surface area contributed by atoms with E-state index in [0.717, 1.165) is 0 Å². The summed E-state index contributed by atoms with van der Waals surface area (Å²) in [7, 11) is -2.28. The van der Waals surface area contributed by atoms with Crippen LogP contribution in [0.3, 0.4) is 0 Å². The van der Waals surface area contributed by atoms with Gasteiger partial charge in [0.1, 0.15) is 11.0 Å². The van der Waals surface area contributed by atoms with Gasteiger partial charge in [-0.15, -0.1) is 0 Å². The normalized spacial score (nSPS) is 14.6. The molecule has 0 heterocycles. The predicted molar refractivity (Wildman–Crippen MR) is 103 cm³/mol. The van der Waals surface area contributed by atoms with Crippen molar-refractivity contribution in [2.75, 3.05) is 7.11 Å². The number of carbonyl (C=O) groups is 1. The number of methoxy groups -OCH3 is 1. The van der Waals surface area contributed by atoms with Gasteiger partial charge in [-0.3, -0.25) is 4.79 Å². The van der Waals surface area contributed by atoms with Crippen molar-refractivity contribution in [3.05, 3.63) is 66.2 Å². The molecular weight excluding hydrogens is 348 g/mol. The molecule has 2 aromatic carbocycles. The summed E-state index contributed by atoms with van der Waals surface area (Å²) in [5.74, 6) is -0.0338. The zero-order chi connectivity index (χ0) is 19.4. The van der Waals surface area contributed by atoms with Crippen LogP contribution in [0.15, 0.2) is 65.6 Å². The molecule has 0 N–H and O–H groups in total. The predicted octanol–water partition coefficient (Wildman–Crippen LogP) is 4.22. The Morgan fingerprint density at radius 1 is 0.962 bits per heavy atom. The molecule has 140 valence electrons. The van der Waals surface area contributed by atoms with Crippen LogP contribution in [0.2, 0.25) is 0 Å². The van der Waals surface area contributed by atoms with E-state index >= 15 is 0 Å². The molecule has 0 spiro atoms. The summed E-state index contributed by atoms with van der Waals surface area (Å²) < 4.78 is 32.3. The Morgan fingerprint density at radius 3 is 1.92 bits per heavy atom. The van der Waals surface area contributed by atoms with E-state index in [0.29, 0.717) is 5.56 Å². The smallest absolute Gasteiger partial charge is 0.187 e. The van der Waals surface area contributed by atoms with Gasteiger partial charge >= 0.3 is 0 Å². The fourth-order valence-electron chi connectivity index (χ4n) is 2.80. The SMILES string of the molecule is CO[C@H](CC(=O)C(C)(C)C)[C@@H](c1ccccc1)S(=O)(=O)c1ccccc1. The van der Waals surface area contributed by atoms with Gasteiger partial charge in [0.15, 0.2) is 9.84 Å². The Labute approximate surface area is 156 Å². The van der Waals surface area contributed by atoms with Crippen molar-refractivity contribution >= 4 is 15.6 Å². The van der Waals surface area contributed by atoms with Gasteiger partial charge in [0.2, 0.25) is 0 Å². The van der Waals surface area contributed by atoms with Gasteiger partial charge in [0.25, 0.3) is 0 Å². The summed E-state index contributed by atoms with van der Waals surface area (Å²) in [6, 6.07) is 17.2. The Hall–Kier alpha value is -1.98. The molecule has 0 unspecified atom stereocenters. The number of hydrogen-bond donors (Lipinski definition) is 0. The Balaban J connectivity index is 2.53. The Morgan fingerprint density at radius 2 is 1.46 bits per heavy atom. The third-order valence-corrected chi connectivity index (χ3v) is 6.57.